The van der Waals surface area contributed by atoms with Crippen LogP contribution < -0.4 is 0 Å². The molecule has 6 heteroatoms. The van der Waals surface area contributed by atoms with Crippen LogP contribution in [0.3, 0.4) is 0 Å². The topological polar surface area (TPSA) is 60.9 Å². The van der Waals surface area contributed by atoms with Crippen LogP contribution in [0.5, 0.6) is 0 Å². The molecule has 0 aromatic carbocycles. The monoisotopic (exact) mass is 282 g/mol. The third-order valence-corrected chi connectivity index (χ3v) is 4.13. The zero-order chi connectivity index (χ0) is 13.8. The lowest BCUT2D eigenvalue weighted by molar-refractivity contribution is -0.139. The fourth-order valence-electron chi connectivity index (χ4n) is 2.21. The van der Waals surface area contributed by atoms with Crippen molar-refractivity contribution in [2.75, 3.05) is 19.6 Å². The molecule has 0 atom stereocenters. The van der Waals surface area contributed by atoms with Crippen LogP contribution in [0.1, 0.15) is 18.2 Å². The van der Waals surface area contributed by atoms with E-state index in [2.05, 4.69) is 0 Å². The molecular weight excluding hydrogens is 264 g/mol. The number of amides is 2. The Balaban J connectivity index is 1.83. The predicted octanol–water partition coefficient (Wildman–Crippen LogP) is 2.10. The van der Waals surface area contributed by atoms with E-state index in [0.717, 1.165) is 4.88 Å². The van der Waals surface area contributed by atoms with E-state index in [-0.39, 0.29) is 18.4 Å². The number of carbonyl (C=O) groups excluding carboxylic acids is 1. The number of hydrogen-bond acceptors (Lipinski definition) is 3. The Morgan fingerprint density at radius 3 is 2.79 bits per heavy atom. The van der Waals surface area contributed by atoms with Crippen LogP contribution in [0.15, 0.2) is 17.5 Å². The van der Waals surface area contributed by atoms with Crippen molar-refractivity contribution in [2.24, 2.45) is 5.92 Å². The molecule has 1 fully saturated rings. The Morgan fingerprint density at radius 2 is 2.26 bits per heavy atom. The predicted molar refractivity (Wildman–Crippen MR) is 73.1 cm³/mol. The SMILES string of the molecule is CCN(Cc1cccs1)C(=O)N1CC(CC(=O)O)C1. The number of urea groups is 1. The number of aliphatic carboxylic acids is 1. The smallest absolute Gasteiger partial charge is 0.320 e. The molecule has 1 aliphatic rings. The molecule has 2 heterocycles. The maximum Gasteiger partial charge on any atom is 0.320 e. The maximum atomic E-state index is 12.2. The zero-order valence-corrected chi connectivity index (χ0v) is 11.7. The molecule has 0 bridgehead atoms. The Labute approximate surface area is 116 Å². The summed E-state index contributed by atoms with van der Waals surface area (Å²) < 4.78 is 0. The number of carbonyl (C=O) groups is 2. The molecule has 0 spiro atoms. The van der Waals surface area contributed by atoms with Crippen molar-refractivity contribution in [3.05, 3.63) is 22.4 Å². The minimum Gasteiger partial charge on any atom is -0.481 e. The van der Waals surface area contributed by atoms with Gasteiger partial charge in [0.05, 0.1) is 13.0 Å². The zero-order valence-electron chi connectivity index (χ0n) is 10.9. The highest BCUT2D eigenvalue weighted by Gasteiger charge is 2.34. The second-order valence-corrected chi connectivity index (χ2v) is 5.78. The summed E-state index contributed by atoms with van der Waals surface area (Å²) >= 11 is 1.64. The molecule has 0 aliphatic carbocycles. The fourth-order valence-corrected chi connectivity index (χ4v) is 2.93. The van der Waals surface area contributed by atoms with Gasteiger partial charge in [0.25, 0.3) is 0 Å². The Kier molecular flexibility index (Phi) is 4.42. The largest absolute Gasteiger partial charge is 0.481 e. The molecule has 1 saturated heterocycles. The number of nitrogens with zero attached hydrogens (tertiary/aromatic N) is 2. The van der Waals surface area contributed by atoms with Crippen LogP contribution in [-0.2, 0) is 11.3 Å². The third kappa shape index (κ3) is 3.47. The van der Waals surface area contributed by atoms with Crippen LogP contribution in [-0.4, -0.2) is 46.5 Å². The van der Waals surface area contributed by atoms with Crippen LogP contribution in [0, 0.1) is 5.92 Å². The third-order valence-electron chi connectivity index (χ3n) is 3.27. The number of rotatable bonds is 5. The van der Waals surface area contributed by atoms with Gasteiger partial charge in [0, 0.05) is 30.4 Å². The molecular formula is C13H18N2O3S. The van der Waals surface area contributed by atoms with E-state index >= 15 is 0 Å². The molecule has 1 aromatic heterocycles. The molecule has 0 unspecified atom stereocenters. The first-order valence-electron chi connectivity index (χ1n) is 6.38. The molecule has 0 saturated carbocycles. The van der Waals surface area contributed by atoms with E-state index in [9.17, 15) is 9.59 Å². The van der Waals surface area contributed by atoms with Gasteiger partial charge >= 0.3 is 12.0 Å². The molecule has 5 nitrogen and oxygen atoms in total. The summed E-state index contributed by atoms with van der Waals surface area (Å²) in [6, 6.07) is 4.01. The van der Waals surface area contributed by atoms with E-state index in [1.165, 1.54) is 0 Å². The lowest BCUT2D eigenvalue weighted by Crippen LogP contribution is -2.55. The molecule has 1 aliphatic heterocycles. The van der Waals surface area contributed by atoms with E-state index in [4.69, 9.17) is 5.11 Å². The summed E-state index contributed by atoms with van der Waals surface area (Å²) in [5.41, 5.74) is 0. The van der Waals surface area contributed by atoms with Crippen molar-refractivity contribution in [3.63, 3.8) is 0 Å². The van der Waals surface area contributed by atoms with Crippen LogP contribution >= 0.6 is 11.3 Å². The fraction of sp³-hybridized carbons (Fsp3) is 0.538. The quantitative estimate of drug-likeness (QED) is 0.899. The second-order valence-electron chi connectivity index (χ2n) is 4.74. The van der Waals surface area contributed by atoms with E-state index in [1.54, 1.807) is 21.1 Å². The number of thiophene rings is 1. The van der Waals surface area contributed by atoms with Gasteiger partial charge in [0.1, 0.15) is 0 Å². The summed E-state index contributed by atoms with van der Waals surface area (Å²) in [5, 5.41) is 10.7. The van der Waals surface area contributed by atoms with Crippen molar-refractivity contribution in [2.45, 2.75) is 19.9 Å². The number of carboxylic acid groups (broad SMARTS) is 1. The van der Waals surface area contributed by atoms with Crippen molar-refractivity contribution >= 4 is 23.3 Å². The summed E-state index contributed by atoms with van der Waals surface area (Å²) in [6.07, 6.45) is 0.154. The summed E-state index contributed by atoms with van der Waals surface area (Å²) in [4.78, 5) is 27.5. The number of carboxylic acids is 1. The molecule has 1 N–H and O–H groups in total. The summed E-state index contributed by atoms with van der Waals surface area (Å²) in [5.74, 6) is -0.676. The Morgan fingerprint density at radius 1 is 1.53 bits per heavy atom. The number of hydrogen-bond donors (Lipinski definition) is 1. The minimum absolute atomic E-state index is 0.0116. The van der Waals surface area contributed by atoms with Gasteiger partial charge in [-0.3, -0.25) is 4.79 Å². The average molecular weight is 282 g/mol. The van der Waals surface area contributed by atoms with Crippen molar-refractivity contribution in [1.29, 1.82) is 0 Å². The minimum atomic E-state index is -0.789. The van der Waals surface area contributed by atoms with Gasteiger partial charge in [-0.25, -0.2) is 4.79 Å². The van der Waals surface area contributed by atoms with Gasteiger partial charge in [-0.05, 0) is 18.4 Å². The summed E-state index contributed by atoms with van der Waals surface area (Å²) in [6.45, 7) is 4.38. The first kappa shape index (κ1) is 13.9. The molecule has 1 aromatic rings. The molecule has 0 radical (unpaired) electrons. The van der Waals surface area contributed by atoms with Gasteiger partial charge in [-0.15, -0.1) is 11.3 Å². The lowest BCUT2D eigenvalue weighted by Gasteiger charge is -2.41. The van der Waals surface area contributed by atoms with Gasteiger partial charge in [-0.1, -0.05) is 6.07 Å². The first-order valence-corrected chi connectivity index (χ1v) is 7.26. The highest BCUT2D eigenvalue weighted by Crippen LogP contribution is 2.22. The molecule has 104 valence electrons. The maximum absolute atomic E-state index is 12.2. The van der Waals surface area contributed by atoms with Crippen LogP contribution in [0.25, 0.3) is 0 Å². The van der Waals surface area contributed by atoms with Crippen molar-refractivity contribution < 1.29 is 14.7 Å². The Hall–Kier alpha value is -1.56. The van der Waals surface area contributed by atoms with E-state index in [0.29, 0.717) is 26.2 Å². The van der Waals surface area contributed by atoms with Crippen molar-refractivity contribution in [1.82, 2.24) is 9.80 Å². The van der Waals surface area contributed by atoms with Gasteiger partial charge in [-0.2, -0.15) is 0 Å². The molecule has 2 rings (SSSR count). The van der Waals surface area contributed by atoms with Crippen LogP contribution in [0.4, 0.5) is 4.79 Å². The highest BCUT2D eigenvalue weighted by atomic mass is 32.1. The highest BCUT2D eigenvalue weighted by molar-refractivity contribution is 7.09. The van der Waals surface area contributed by atoms with E-state index < -0.39 is 5.97 Å². The Bertz CT molecular complexity index is 441. The van der Waals surface area contributed by atoms with Gasteiger partial charge < -0.3 is 14.9 Å². The second kappa shape index (κ2) is 6.06. The van der Waals surface area contributed by atoms with Gasteiger partial charge in [0.2, 0.25) is 0 Å². The van der Waals surface area contributed by atoms with Crippen molar-refractivity contribution in [3.8, 4) is 0 Å². The van der Waals surface area contributed by atoms with Crippen LogP contribution in [0.2, 0.25) is 0 Å². The first-order chi connectivity index (χ1) is 9.10. The van der Waals surface area contributed by atoms with Gasteiger partial charge in [0.15, 0.2) is 0 Å². The number of likely N-dealkylation sites (tertiary alicyclic amines) is 1. The molecule has 19 heavy (non-hydrogen) atoms. The normalized spacial score (nSPS) is 15.1. The van der Waals surface area contributed by atoms with E-state index in [1.807, 2.05) is 24.4 Å². The lowest BCUT2D eigenvalue weighted by atomic mass is 9.97. The summed E-state index contributed by atoms with van der Waals surface area (Å²) in [7, 11) is 0. The standard InChI is InChI=1S/C13H18N2O3S/c1-2-14(9-11-4-3-5-19-11)13(18)15-7-10(8-15)6-12(16)17/h3-5,10H,2,6-9H2,1H3,(H,16,17). The average Bonchev–Trinajstić information content (AvgIpc) is 2.82. The molecule has 2 amide bonds.